The van der Waals surface area contributed by atoms with E-state index in [1.54, 1.807) is 24.3 Å². The normalized spacial score (nSPS) is 11.2. The van der Waals surface area contributed by atoms with Crippen LogP contribution in [-0.2, 0) is 32.4 Å². The maximum Gasteiger partial charge on any atom is 0.306 e. The number of aryl methyl sites for hydroxylation is 2. The van der Waals surface area contributed by atoms with Crippen LogP contribution in [0.2, 0.25) is 0 Å². The number of Topliss-reactive ketones (excluding diaryl/α,β-unsaturated/α-hetero) is 1. The van der Waals surface area contributed by atoms with Crippen molar-refractivity contribution >= 4 is 21.8 Å². The second-order valence-corrected chi connectivity index (χ2v) is 7.87. The maximum absolute atomic E-state index is 12.0. The van der Waals surface area contributed by atoms with E-state index in [1.165, 1.54) is 19.2 Å². The first-order chi connectivity index (χ1) is 12.9. The smallest absolute Gasteiger partial charge is 0.306 e. The van der Waals surface area contributed by atoms with Crippen LogP contribution in [0.3, 0.4) is 0 Å². The fraction of sp³-hybridized carbons (Fsp3) is 0.300. The molecule has 0 bridgehead atoms. The van der Waals surface area contributed by atoms with Crippen molar-refractivity contribution in [3.05, 3.63) is 65.2 Å². The van der Waals surface area contributed by atoms with Crippen LogP contribution in [0.15, 0.2) is 53.4 Å². The lowest BCUT2D eigenvalue weighted by molar-refractivity contribution is -0.142. The monoisotopic (exact) mass is 389 g/mol. The first-order valence-corrected chi connectivity index (χ1v) is 10.1. The molecule has 0 saturated heterocycles. The van der Waals surface area contributed by atoms with Crippen molar-refractivity contribution in [2.45, 2.75) is 31.1 Å². The number of ketones is 1. The summed E-state index contributed by atoms with van der Waals surface area (Å²) in [4.78, 5) is 24.1. The highest BCUT2D eigenvalue weighted by Gasteiger charge is 2.12. The third-order valence-corrected chi connectivity index (χ3v) is 5.60. The second-order valence-electron chi connectivity index (χ2n) is 5.99. The molecule has 0 saturated carbocycles. The van der Waals surface area contributed by atoms with Gasteiger partial charge in [0.1, 0.15) is 0 Å². The number of carbonyl (C=O) groups is 2. The first-order valence-electron chi connectivity index (χ1n) is 8.66. The highest BCUT2D eigenvalue weighted by molar-refractivity contribution is 7.89. The number of esters is 1. The molecule has 144 valence electrons. The molecule has 27 heavy (non-hydrogen) atoms. The minimum atomic E-state index is -3.47. The Bertz CT molecular complexity index is 887. The largest absolute Gasteiger partial charge is 0.457 e. The predicted octanol–water partition coefficient (Wildman–Crippen LogP) is 2.52. The highest BCUT2D eigenvalue weighted by Crippen LogP contribution is 2.12. The summed E-state index contributed by atoms with van der Waals surface area (Å²) in [5, 5.41) is 0. The van der Waals surface area contributed by atoms with Gasteiger partial charge in [-0.05, 0) is 43.1 Å². The molecule has 0 aliphatic carbocycles. The molecule has 0 aliphatic rings. The summed E-state index contributed by atoms with van der Waals surface area (Å²) in [7, 11) is -2.13. The molecule has 0 fully saturated rings. The molecule has 6 nitrogen and oxygen atoms in total. The third-order valence-electron chi connectivity index (χ3n) is 4.17. The Morgan fingerprint density at radius 2 is 1.56 bits per heavy atom. The maximum atomic E-state index is 12.0. The Hall–Kier alpha value is -2.51. The quantitative estimate of drug-likeness (QED) is 0.526. The Balaban J connectivity index is 1.81. The Morgan fingerprint density at radius 1 is 0.963 bits per heavy atom. The zero-order valence-electron chi connectivity index (χ0n) is 15.4. The lowest BCUT2D eigenvalue weighted by atomic mass is 10.1. The molecule has 0 unspecified atom stereocenters. The highest BCUT2D eigenvalue weighted by atomic mass is 32.2. The van der Waals surface area contributed by atoms with Crippen molar-refractivity contribution in [3.8, 4) is 0 Å². The zero-order chi connectivity index (χ0) is 19.9. The second kappa shape index (κ2) is 9.43. The van der Waals surface area contributed by atoms with Crippen LogP contribution in [0.1, 0.15) is 34.8 Å². The van der Waals surface area contributed by atoms with Crippen molar-refractivity contribution in [1.29, 1.82) is 0 Å². The van der Waals surface area contributed by atoms with Crippen LogP contribution in [0.5, 0.6) is 0 Å². The van der Waals surface area contributed by atoms with E-state index >= 15 is 0 Å². The van der Waals surface area contributed by atoms with Crippen LogP contribution in [0.25, 0.3) is 0 Å². The van der Waals surface area contributed by atoms with Crippen LogP contribution >= 0.6 is 0 Å². The van der Waals surface area contributed by atoms with Crippen molar-refractivity contribution in [3.63, 3.8) is 0 Å². The van der Waals surface area contributed by atoms with Gasteiger partial charge in [-0.15, -0.1) is 0 Å². The molecule has 0 amide bonds. The van der Waals surface area contributed by atoms with Gasteiger partial charge in [0.05, 0.1) is 4.90 Å². The molecular formula is C20H23NO5S. The van der Waals surface area contributed by atoms with Gasteiger partial charge >= 0.3 is 5.97 Å². The van der Waals surface area contributed by atoms with Crippen LogP contribution in [0, 0.1) is 0 Å². The van der Waals surface area contributed by atoms with Gasteiger partial charge in [-0.3, -0.25) is 9.59 Å². The van der Waals surface area contributed by atoms with E-state index < -0.39 is 16.0 Å². The van der Waals surface area contributed by atoms with E-state index in [4.69, 9.17) is 4.74 Å². The van der Waals surface area contributed by atoms with E-state index in [0.717, 1.165) is 17.5 Å². The van der Waals surface area contributed by atoms with Crippen molar-refractivity contribution in [2.24, 2.45) is 0 Å². The van der Waals surface area contributed by atoms with Gasteiger partial charge in [0.25, 0.3) is 0 Å². The number of ether oxygens (including phenoxy) is 1. The summed E-state index contributed by atoms with van der Waals surface area (Å²) >= 11 is 0. The molecule has 0 aromatic heterocycles. The predicted molar refractivity (Wildman–Crippen MR) is 102 cm³/mol. The van der Waals surface area contributed by atoms with E-state index in [-0.39, 0.29) is 23.7 Å². The Morgan fingerprint density at radius 3 is 2.11 bits per heavy atom. The zero-order valence-corrected chi connectivity index (χ0v) is 16.2. The fourth-order valence-electron chi connectivity index (χ4n) is 2.43. The minimum absolute atomic E-state index is 0.111. The van der Waals surface area contributed by atoms with Crippen molar-refractivity contribution < 1.29 is 22.7 Å². The molecule has 0 spiro atoms. The standard InChI is InChI=1S/C20H23NO5S/c1-3-15-4-9-17(10-5-15)19(22)14-26-20(23)13-8-16-6-11-18(12-7-16)27(24,25)21-2/h4-7,9-12,21H,3,8,13-14H2,1-2H3. The molecule has 0 atom stereocenters. The minimum Gasteiger partial charge on any atom is -0.457 e. The lowest BCUT2D eigenvalue weighted by Gasteiger charge is -2.06. The first kappa shape index (κ1) is 20.8. The van der Waals surface area contributed by atoms with Crippen LogP contribution in [-0.4, -0.2) is 33.8 Å². The number of nitrogens with one attached hydrogen (secondary N) is 1. The molecule has 7 heteroatoms. The summed E-state index contributed by atoms with van der Waals surface area (Å²) in [5.41, 5.74) is 2.46. The molecule has 0 heterocycles. The number of sulfonamides is 1. The van der Waals surface area contributed by atoms with Crippen LogP contribution < -0.4 is 4.72 Å². The number of carbonyl (C=O) groups excluding carboxylic acids is 2. The van der Waals surface area contributed by atoms with E-state index in [1.807, 2.05) is 19.1 Å². The lowest BCUT2D eigenvalue weighted by Crippen LogP contribution is -2.18. The van der Waals surface area contributed by atoms with Gasteiger partial charge in [0.15, 0.2) is 12.4 Å². The van der Waals surface area contributed by atoms with Gasteiger partial charge < -0.3 is 4.74 Å². The van der Waals surface area contributed by atoms with Gasteiger partial charge in [0, 0.05) is 12.0 Å². The molecule has 2 rings (SSSR count). The van der Waals surface area contributed by atoms with E-state index in [2.05, 4.69) is 4.72 Å². The molecule has 2 aromatic carbocycles. The van der Waals surface area contributed by atoms with Gasteiger partial charge in [-0.25, -0.2) is 13.1 Å². The Kier molecular flexibility index (Phi) is 7.27. The van der Waals surface area contributed by atoms with Gasteiger partial charge in [-0.2, -0.15) is 0 Å². The average Bonchev–Trinajstić information content (AvgIpc) is 2.70. The summed E-state index contributed by atoms with van der Waals surface area (Å²) in [6, 6.07) is 13.5. The SMILES string of the molecule is CCc1ccc(C(=O)COC(=O)CCc2ccc(S(=O)(=O)NC)cc2)cc1. The number of hydrogen-bond donors (Lipinski definition) is 1. The number of benzene rings is 2. The summed E-state index contributed by atoms with van der Waals surface area (Å²) in [5.74, 6) is -0.715. The average molecular weight is 389 g/mol. The van der Waals surface area contributed by atoms with Crippen LogP contribution in [0.4, 0.5) is 0 Å². The summed E-state index contributed by atoms with van der Waals surface area (Å²) < 4.78 is 30.6. The fourth-order valence-corrected chi connectivity index (χ4v) is 3.16. The molecular weight excluding hydrogens is 366 g/mol. The number of hydrogen-bond acceptors (Lipinski definition) is 5. The third kappa shape index (κ3) is 6.01. The van der Waals surface area contributed by atoms with Gasteiger partial charge in [-0.1, -0.05) is 43.3 Å². The number of rotatable bonds is 9. The molecule has 2 aromatic rings. The van der Waals surface area contributed by atoms with Crippen molar-refractivity contribution in [1.82, 2.24) is 4.72 Å². The van der Waals surface area contributed by atoms with Crippen molar-refractivity contribution in [2.75, 3.05) is 13.7 Å². The van der Waals surface area contributed by atoms with E-state index in [0.29, 0.717) is 12.0 Å². The topological polar surface area (TPSA) is 89.5 Å². The van der Waals surface area contributed by atoms with E-state index in [9.17, 15) is 18.0 Å². The Labute approximate surface area is 159 Å². The van der Waals surface area contributed by atoms with Gasteiger partial charge in [0.2, 0.25) is 10.0 Å². The summed E-state index contributed by atoms with van der Waals surface area (Å²) in [6.07, 6.45) is 1.41. The molecule has 0 aliphatic heterocycles. The molecule has 1 N–H and O–H groups in total. The summed E-state index contributed by atoms with van der Waals surface area (Å²) in [6.45, 7) is 1.75. The molecule has 0 radical (unpaired) electrons.